The molecule has 1 nitrogen and oxygen atoms in total. The number of halogens is 1. The van der Waals surface area contributed by atoms with Gasteiger partial charge in [0, 0.05) is 12.2 Å². The smallest absolute Gasteiger partial charge is 0.123 e. The summed E-state index contributed by atoms with van der Waals surface area (Å²) in [6.45, 7) is 2.85. The minimum Gasteiger partial charge on any atom is -0.381 e. The van der Waals surface area contributed by atoms with Crippen molar-refractivity contribution in [1.29, 1.82) is 0 Å². The molecule has 0 aromatic heterocycles. The van der Waals surface area contributed by atoms with Crippen molar-refractivity contribution in [3.05, 3.63) is 65.5 Å². The molecule has 0 aliphatic rings. The van der Waals surface area contributed by atoms with Crippen LogP contribution in [0.2, 0.25) is 0 Å². The summed E-state index contributed by atoms with van der Waals surface area (Å²) >= 11 is 0. The second-order valence-corrected chi connectivity index (χ2v) is 4.03. The molecule has 2 aromatic carbocycles. The van der Waals surface area contributed by atoms with Crippen LogP contribution in [0.1, 0.15) is 18.1 Å². The van der Waals surface area contributed by atoms with Crippen LogP contribution in [0.4, 0.5) is 10.1 Å². The van der Waals surface area contributed by atoms with Gasteiger partial charge in [0.25, 0.3) is 0 Å². The molecule has 0 fully saturated rings. The van der Waals surface area contributed by atoms with E-state index in [0.717, 1.165) is 17.7 Å². The van der Waals surface area contributed by atoms with Gasteiger partial charge in [0.2, 0.25) is 0 Å². The van der Waals surface area contributed by atoms with Crippen LogP contribution in [-0.4, -0.2) is 0 Å². The standard InChI is InChI=1S/C15H16FN/c1-2-12-5-9-15(10-6-12)17-11-13-3-7-14(16)8-4-13/h3-10,17H,2,11H2,1H3. The maximum atomic E-state index is 12.7. The molecule has 0 saturated carbocycles. The largest absolute Gasteiger partial charge is 0.381 e. The quantitative estimate of drug-likeness (QED) is 0.835. The van der Waals surface area contributed by atoms with Crippen molar-refractivity contribution in [2.75, 3.05) is 5.32 Å². The van der Waals surface area contributed by atoms with Crippen LogP contribution in [0.15, 0.2) is 48.5 Å². The summed E-state index contributed by atoms with van der Waals surface area (Å²) in [7, 11) is 0. The number of rotatable bonds is 4. The minimum absolute atomic E-state index is 0.193. The lowest BCUT2D eigenvalue weighted by Crippen LogP contribution is -1.99. The second kappa shape index (κ2) is 5.48. The molecule has 0 bridgehead atoms. The van der Waals surface area contributed by atoms with Gasteiger partial charge in [-0.3, -0.25) is 0 Å². The van der Waals surface area contributed by atoms with Crippen molar-refractivity contribution in [3.8, 4) is 0 Å². The molecular weight excluding hydrogens is 213 g/mol. The zero-order valence-electron chi connectivity index (χ0n) is 9.91. The summed E-state index contributed by atoms with van der Waals surface area (Å²) < 4.78 is 12.7. The fourth-order valence-corrected chi connectivity index (χ4v) is 1.66. The predicted molar refractivity (Wildman–Crippen MR) is 69.5 cm³/mol. The molecule has 88 valence electrons. The summed E-state index contributed by atoms with van der Waals surface area (Å²) in [5.41, 5.74) is 3.50. The van der Waals surface area contributed by atoms with Gasteiger partial charge in [-0.2, -0.15) is 0 Å². The predicted octanol–water partition coefficient (Wildman–Crippen LogP) is 4.00. The topological polar surface area (TPSA) is 12.0 Å². The number of benzene rings is 2. The van der Waals surface area contributed by atoms with E-state index in [-0.39, 0.29) is 5.82 Å². The first-order chi connectivity index (χ1) is 8.28. The average molecular weight is 229 g/mol. The van der Waals surface area contributed by atoms with Crippen molar-refractivity contribution in [2.45, 2.75) is 19.9 Å². The molecule has 0 saturated heterocycles. The Kier molecular flexibility index (Phi) is 3.76. The van der Waals surface area contributed by atoms with Gasteiger partial charge in [-0.15, -0.1) is 0 Å². The van der Waals surface area contributed by atoms with E-state index < -0.39 is 0 Å². The molecule has 17 heavy (non-hydrogen) atoms. The molecule has 0 heterocycles. The van der Waals surface area contributed by atoms with Crippen LogP contribution in [0.25, 0.3) is 0 Å². The van der Waals surface area contributed by atoms with Crippen LogP contribution in [-0.2, 0) is 13.0 Å². The Morgan fingerprint density at radius 3 is 2.06 bits per heavy atom. The van der Waals surface area contributed by atoms with Gasteiger partial charge in [0.15, 0.2) is 0 Å². The van der Waals surface area contributed by atoms with Gasteiger partial charge in [-0.25, -0.2) is 4.39 Å². The monoisotopic (exact) mass is 229 g/mol. The van der Waals surface area contributed by atoms with Crippen molar-refractivity contribution in [1.82, 2.24) is 0 Å². The first-order valence-electron chi connectivity index (χ1n) is 5.85. The Hall–Kier alpha value is -1.83. The number of anilines is 1. The van der Waals surface area contributed by atoms with E-state index in [1.807, 2.05) is 0 Å². The zero-order chi connectivity index (χ0) is 12.1. The molecule has 2 aromatic rings. The lowest BCUT2D eigenvalue weighted by molar-refractivity contribution is 0.627. The van der Waals surface area contributed by atoms with Gasteiger partial charge in [0.1, 0.15) is 5.82 Å². The normalized spacial score (nSPS) is 10.2. The van der Waals surface area contributed by atoms with E-state index in [2.05, 4.69) is 36.5 Å². The molecule has 0 radical (unpaired) electrons. The maximum Gasteiger partial charge on any atom is 0.123 e. The van der Waals surface area contributed by atoms with Crippen LogP contribution in [0.5, 0.6) is 0 Å². The molecule has 0 atom stereocenters. The first kappa shape index (κ1) is 11.6. The zero-order valence-corrected chi connectivity index (χ0v) is 9.91. The van der Waals surface area contributed by atoms with Crippen LogP contribution < -0.4 is 5.32 Å². The lowest BCUT2D eigenvalue weighted by atomic mass is 10.1. The van der Waals surface area contributed by atoms with E-state index in [1.54, 1.807) is 12.1 Å². The van der Waals surface area contributed by atoms with Crippen molar-refractivity contribution in [2.24, 2.45) is 0 Å². The number of aryl methyl sites for hydroxylation is 1. The Morgan fingerprint density at radius 2 is 1.47 bits per heavy atom. The van der Waals surface area contributed by atoms with E-state index in [9.17, 15) is 4.39 Å². The van der Waals surface area contributed by atoms with Crippen LogP contribution in [0, 0.1) is 5.82 Å². The second-order valence-electron chi connectivity index (χ2n) is 4.03. The Labute approximate surface area is 101 Å². The molecular formula is C15H16FN. The molecule has 1 N–H and O–H groups in total. The Balaban J connectivity index is 1.95. The van der Waals surface area contributed by atoms with Crippen molar-refractivity contribution < 1.29 is 4.39 Å². The van der Waals surface area contributed by atoms with Crippen LogP contribution in [0.3, 0.4) is 0 Å². The third-order valence-corrected chi connectivity index (χ3v) is 2.77. The summed E-state index contributed by atoms with van der Waals surface area (Å²) in [6.07, 6.45) is 1.05. The highest BCUT2D eigenvalue weighted by molar-refractivity contribution is 5.45. The summed E-state index contributed by atoms with van der Waals surface area (Å²) in [6, 6.07) is 14.9. The van der Waals surface area contributed by atoms with Gasteiger partial charge in [-0.05, 0) is 41.8 Å². The van der Waals surface area contributed by atoms with Gasteiger partial charge >= 0.3 is 0 Å². The average Bonchev–Trinajstić information content (AvgIpc) is 2.39. The fourth-order valence-electron chi connectivity index (χ4n) is 1.66. The molecule has 0 spiro atoms. The SMILES string of the molecule is CCc1ccc(NCc2ccc(F)cc2)cc1. The third kappa shape index (κ3) is 3.31. The molecule has 2 rings (SSSR count). The van der Waals surface area contributed by atoms with Crippen molar-refractivity contribution >= 4 is 5.69 Å². The third-order valence-electron chi connectivity index (χ3n) is 2.77. The van der Waals surface area contributed by atoms with Gasteiger partial charge in [-0.1, -0.05) is 31.2 Å². The molecule has 0 aliphatic carbocycles. The van der Waals surface area contributed by atoms with Crippen molar-refractivity contribution in [3.63, 3.8) is 0 Å². The van der Waals surface area contributed by atoms with E-state index in [1.165, 1.54) is 17.7 Å². The first-order valence-corrected chi connectivity index (χ1v) is 5.85. The van der Waals surface area contributed by atoms with Crippen LogP contribution >= 0.6 is 0 Å². The highest BCUT2D eigenvalue weighted by Crippen LogP contribution is 2.12. The van der Waals surface area contributed by atoms with Gasteiger partial charge in [0.05, 0.1) is 0 Å². The Morgan fingerprint density at radius 1 is 0.882 bits per heavy atom. The highest BCUT2D eigenvalue weighted by atomic mass is 19.1. The molecule has 0 amide bonds. The van der Waals surface area contributed by atoms with Gasteiger partial charge < -0.3 is 5.32 Å². The van der Waals surface area contributed by atoms with E-state index in [0.29, 0.717) is 6.54 Å². The molecule has 0 aliphatic heterocycles. The fraction of sp³-hybridized carbons (Fsp3) is 0.200. The summed E-state index contributed by atoms with van der Waals surface area (Å²) in [5, 5.41) is 3.31. The minimum atomic E-state index is -0.193. The highest BCUT2D eigenvalue weighted by Gasteiger charge is 1.95. The maximum absolute atomic E-state index is 12.7. The summed E-state index contributed by atoms with van der Waals surface area (Å²) in [4.78, 5) is 0. The van der Waals surface area contributed by atoms with E-state index >= 15 is 0 Å². The number of nitrogens with one attached hydrogen (secondary N) is 1. The number of hydrogen-bond acceptors (Lipinski definition) is 1. The number of hydrogen-bond donors (Lipinski definition) is 1. The lowest BCUT2D eigenvalue weighted by Gasteiger charge is -2.07. The summed E-state index contributed by atoms with van der Waals surface area (Å²) in [5.74, 6) is -0.193. The Bertz CT molecular complexity index is 459. The van der Waals surface area contributed by atoms with E-state index in [4.69, 9.17) is 0 Å². The molecule has 2 heteroatoms. The molecule has 0 unspecified atom stereocenters.